The molecular formula is C12H18FN. The second-order valence-electron chi connectivity index (χ2n) is 3.96. The number of hydrogen-bond acceptors (Lipinski definition) is 1. The first kappa shape index (κ1) is 11.2. The van der Waals surface area contributed by atoms with Gasteiger partial charge in [0.05, 0.1) is 0 Å². The van der Waals surface area contributed by atoms with Crippen molar-refractivity contribution in [3.63, 3.8) is 0 Å². The highest BCUT2D eigenvalue weighted by atomic mass is 19.1. The molecule has 0 aliphatic carbocycles. The summed E-state index contributed by atoms with van der Waals surface area (Å²) < 4.78 is 12.9. The van der Waals surface area contributed by atoms with Gasteiger partial charge in [-0.1, -0.05) is 19.1 Å². The molecule has 14 heavy (non-hydrogen) atoms. The van der Waals surface area contributed by atoms with Gasteiger partial charge in [0.15, 0.2) is 0 Å². The number of aryl methyl sites for hydroxylation is 2. The van der Waals surface area contributed by atoms with E-state index in [2.05, 4.69) is 6.92 Å². The summed E-state index contributed by atoms with van der Waals surface area (Å²) in [6.45, 7) is 4.65. The number of benzene rings is 1. The molecule has 0 saturated carbocycles. The van der Waals surface area contributed by atoms with Gasteiger partial charge in [-0.3, -0.25) is 0 Å². The van der Waals surface area contributed by atoms with Crippen LogP contribution in [0.2, 0.25) is 0 Å². The van der Waals surface area contributed by atoms with Gasteiger partial charge in [0.1, 0.15) is 5.82 Å². The molecule has 2 N–H and O–H groups in total. The summed E-state index contributed by atoms with van der Waals surface area (Å²) in [5.41, 5.74) is 7.45. The predicted octanol–water partition coefficient (Wildman–Crippen LogP) is 2.66. The molecule has 0 amide bonds. The lowest BCUT2D eigenvalue weighted by molar-refractivity contribution is 0.543. The zero-order valence-corrected chi connectivity index (χ0v) is 8.89. The Morgan fingerprint density at radius 2 is 2.14 bits per heavy atom. The fraction of sp³-hybridized carbons (Fsp3) is 0.500. The lowest BCUT2D eigenvalue weighted by Crippen LogP contribution is -2.11. The topological polar surface area (TPSA) is 26.0 Å². The van der Waals surface area contributed by atoms with Crippen molar-refractivity contribution in [1.29, 1.82) is 0 Å². The van der Waals surface area contributed by atoms with Gasteiger partial charge in [0.2, 0.25) is 0 Å². The van der Waals surface area contributed by atoms with Gasteiger partial charge in [0, 0.05) is 0 Å². The van der Waals surface area contributed by atoms with Crippen molar-refractivity contribution in [2.45, 2.75) is 26.7 Å². The third kappa shape index (κ3) is 3.11. The Bertz CT molecular complexity index is 296. The molecule has 0 bridgehead atoms. The van der Waals surface area contributed by atoms with E-state index in [1.54, 1.807) is 6.92 Å². The summed E-state index contributed by atoms with van der Waals surface area (Å²) in [6.07, 6.45) is 2.06. The normalized spacial score (nSPS) is 12.9. The minimum atomic E-state index is -0.124. The molecule has 1 atom stereocenters. The minimum Gasteiger partial charge on any atom is -0.330 e. The molecule has 0 aliphatic rings. The Morgan fingerprint density at radius 3 is 2.71 bits per heavy atom. The highest BCUT2D eigenvalue weighted by Gasteiger charge is 2.02. The van der Waals surface area contributed by atoms with E-state index in [1.165, 1.54) is 11.6 Å². The summed E-state index contributed by atoms with van der Waals surface area (Å²) in [5.74, 6) is 0.418. The average molecular weight is 195 g/mol. The Hall–Kier alpha value is -0.890. The molecule has 1 aromatic carbocycles. The summed E-state index contributed by atoms with van der Waals surface area (Å²) in [7, 11) is 0. The maximum atomic E-state index is 12.9. The maximum absolute atomic E-state index is 12.9. The van der Waals surface area contributed by atoms with E-state index >= 15 is 0 Å². The van der Waals surface area contributed by atoms with Crippen molar-refractivity contribution in [2.24, 2.45) is 11.7 Å². The quantitative estimate of drug-likeness (QED) is 0.785. The fourth-order valence-electron chi connectivity index (χ4n) is 1.39. The zero-order chi connectivity index (χ0) is 10.6. The van der Waals surface area contributed by atoms with Crippen molar-refractivity contribution >= 4 is 0 Å². The Balaban J connectivity index is 2.55. The number of rotatable bonds is 4. The molecule has 1 nitrogen and oxygen atoms in total. The van der Waals surface area contributed by atoms with Crippen LogP contribution in [-0.2, 0) is 6.42 Å². The number of halogens is 1. The van der Waals surface area contributed by atoms with E-state index in [9.17, 15) is 4.39 Å². The first-order chi connectivity index (χ1) is 6.63. The molecule has 0 spiro atoms. The molecule has 0 radical (unpaired) electrons. The van der Waals surface area contributed by atoms with Gasteiger partial charge in [0.25, 0.3) is 0 Å². The van der Waals surface area contributed by atoms with Crippen LogP contribution in [0.25, 0.3) is 0 Å². The van der Waals surface area contributed by atoms with E-state index in [0.717, 1.165) is 24.9 Å². The molecule has 0 aromatic heterocycles. The molecule has 0 fully saturated rings. The van der Waals surface area contributed by atoms with Gasteiger partial charge in [-0.15, -0.1) is 0 Å². The summed E-state index contributed by atoms with van der Waals surface area (Å²) in [6, 6.07) is 5.31. The van der Waals surface area contributed by atoms with E-state index in [0.29, 0.717) is 5.92 Å². The highest BCUT2D eigenvalue weighted by Crippen LogP contribution is 2.13. The third-order valence-corrected chi connectivity index (χ3v) is 2.55. The van der Waals surface area contributed by atoms with Crippen molar-refractivity contribution in [3.05, 3.63) is 35.1 Å². The van der Waals surface area contributed by atoms with E-state index < -0.39 is 0 Å². The molecule has 0 aliphatic heterocycles. The molecule has 1 rings (SSSR count). The van der Waals surface area contributed by atoms with Gasteiger partial charge in [-0.25, -0.2) is 4.39 Å². The highest BCUT2D eigenvalue weighted by molar-refractivity contribution is 5.23. The van der Waals surface area contributed by atoms with Crippen LogP contribution >= 0.6 is 0 Å². The van der Waals surface area contributed by atoms with Crippen LogP contribution in [-0.4, -0.2) is 6.54 Å². The predicted molar refractivity (Wildman–Crippen MR) is 57.7 cm³/mol. The van der Waals surface area contributed by atoms with Gasteiger partial charge in [-0.05, 0) is 49.4 Å². The zero-order valence-electron chi connectivity index (χ0n) is 8.89. The van der Waals surface area contributed by atoms with E-state index in [1.807, 2.05) is 12.1 Å². The second kappa shape index (κ2) is 5.11. The van der Waals surface area contributed by atoms with Crippen LogP contribution in [0.5, 0.6) is 0 Å². The Morgan fingerprint density at radius 1 is 1.43 bits per heavy atom. The van der Waals surface area contributed by atoms with Crippen LogP contribution in [0.3, 0.4) is 0 Å². The first-order valence-electron chi connectivity index (χ1n) is 5.08. The number of nitrogens with two attached hydrogens (primary N) is 1. The SMILES string of the molecule is Cc1cc(CCC(C)CN)ccc1F. The molecule has 1 unspecified atom stereocenters. The van der Waals surface area contributed by atoms with Crippen molar-refractivity contribution < 1.29 is 4.39 Å². The second-order valence-corrected chi connectivity index (χ2v) is 3.96. The van der Waals surface area contributed by atoms with Gasteiger partial charge in [-0.2, -0.15) is 0 Å². The molecule has 2 heteroatoms. The standard InChI is InChI=1S/C12H18FN/c1-9(8-14)3-4-11-5-6-12(13)10(2)7-11/h5-7,9H,3-4,8,14H2,1-2H3. The molecule has 0 heterocycles. The summed E-state index contributed by atoms with van der Waals surface area (Å²) >= 11 is 0. The average Bonchev–Trinajstić information content (AvgIpc) is 2.19. The van der Waals surface area contributed by atoms with Crippen molar-refractivity contribution in [3.8, 4) is 0 Å². The van der Waals surface area contributed by atoms with E-state index in [4.69, 9.17) is 5.73 Å². The lowest BCUT2D eigenvalue weighted by atomic mass is 10.00. The van der Waals surface area contributed by atoms with Crippen LogP contribution in [0.1, 0.15) is 24.5 Å². The molecule has 0 saturated heterocycles. The molecular weight excluding hydrogens is 177 g/mol. The Labute approximate surface area is 85.1 Å². The molecule has 1 aromatic rings. The smallest absolute Gasteiger partial charge is 0.126 e. The third-order valence-electron chi connectivity index (χ3n) is 2.55. The van der Waals surface area contributed by atoms with Crippen LogP contribution in [0, 0.1) is 18.7 Å². The van der Waals surface area contributed by atoms with Gasteiger partial charge < -0.3 is 5.73 Å². The first-order valence-corrected chi connectivity index (χ1v) is 5.08. The van der Waals surface area contributed by atoms with E-state index in [-0.39, 0.29) is 5.82 Å². The monoisotopic (exact) mass is 195 g/mol. The van der Waals surface area contributed by atoms with Crippen LogP contribution in [0.4, 0.5) is 4.39 Å². The number of hydrogen-bond donors (Lipinski definition) is 1. The van der Waals surface area contributed by atoms with Crippen LogP contribution in [0.15, 0.2) is 18.2 Å². The summed E-state index contributed by atoms with van der Waals surface area (Å²) in [4.78, 5) is 0. The molecule has 78 valence electrons. The van der Waals surface area contributed by atoms with Crippen molar-refractivity contribution in [1.82, 2.24) is 0 Å². The summed E-state index contributed by atoms with van der Waals surface area (Å²) in [5, 5.41) is 0. The maximum Gasteiger partial charge on any atom is 0.126 e. The van der Waals surface area contributed by atoms with Gasteiger partial charge >= 0.3 is 0 Å². The lowest BCUT2D eigenvalue weighted by Gasteiger charge is -2.08. The minimum absolute atomic E-state index is 0.124. The largest absolute Gasteiger partial charge is 0.330 e. The van der Waals surface area contributed by atoms with Crippen LogP contribution < -0.4 is 5.73 Å². The Kier molecular flexibility index (Phi) is 4.08. The van der Waals surface area contributed by atoms with Crippen molar-refractivity contribution in [2.75, 3.05) is 6.54 Å². The fourth-order valence-corrected chi connectivity index (χ4v) is 1.39.